The lowest BCUT2D eigenvalue weighted by atomic mass is 9.91. The Morgan fingerprint density at radius 3 is 1.93 bits per heavy atom. The molecule has 0 spiro atoms. The van der Waals surface area contributed by atoms with Crippen molar-refractivity contribution in [2.24, 2.45) is 0 Å². The lowest BCUT2D eigenvalue weighted by molar-refractivity contribution is 0.101. The van der Waals surface area contributed by atoms with Gasteiger partial charge in [0.15, 0.2) is 5.78 Å². The van der Waals surface area contributed by atoms with Crippen LogP contribution in [0.2, 0.25) is 0 Å². The summed E-state index contributed by atoms with van der Waals surface area (Å²) in [6.45, 7) is 13.3. The molecule has 0 N–H and O–H groups in total. The zero-order chi connectivity index (χ0) is 11.6. The quantitative estimate of drug-likeness (QED) is 0.675. The van der Waals surface area contributed by atoms with Gasteiger partial charge in [0.2, 0.25) is 0 Å². The third kappa shape index (κ3) is 2.24. The maximum absolute atomic E-state index is 11.5. The molecule has 0 aliphatic rings. The molecule has 0 aromatic heterocycles. The van der Waals surface area contributed by atoms with E-state index in [0.29, 0.717) is 0 Å². The molecule has 0 radical (unpaired) electrons. The Hall–Kier alpha value is -1.63. The predicted octanol–water partition coefficient (Wildman–Crippen LogP) is 3.96. The average molecular weight is 200 g/mol. The van der Waals surface area contributed by atoms with Gasteiger partial charge in [-0.3, -0.25) is 4.79 Å². The maximum Gasteiger partial charge on any atom is 0.160 e. The van der Waals surface area contributed by atoms with Gasteiger partial charge in [-0.25, -0.2) is 0 Å². The molecule has 0 saturated heterocycles. The molecular weight excluding hydrogens is 184 g/mol. The van der Waals surface area contributed by atoms with Gasteiger partial charge in [-0.15, -0.1) is 0 Å². The van der Waals surface area contributed by atoms with Crippen LogP contribution in [0.4, 0.5) is 0 Å². The van der Waals surface area contributed by atoms with E-state index in [1.807, 2.05) is 32.0 Å². The first-order chi connectivity index (χ1) is 6.95. The summed E-state index contributed by atoms with van der Waals surface area (Å²) in [5, 5.41) is 0. The lowest BCUT2D eigenvalue weighted by Crippen LogP contribution is -2.01. The van der Waals surface area contributed by atoms with E-state index in [2.05, 4.69) is 13.2 Å². The molecule has 1 nitrogen and oxygen atoms in total. The normalized spacial score (nSPS) is 9.80. The van der Waals surface area contributed by atoms with Gasteiger partial charge in [0.1, 0.15) is 0 Å². The van der Waals surface area contributed by atoms with E-state index in [1.165, 1.54) is 0 Å². The van der Waals surface area contributed by atoms with Crippen molar-refractivity contribution in [2.45, 2.75) is 20.8 Å². The van der Waals surface area contributed by atoms with Crippen molar-refractivity contribution in [1.82, 2.24) is 0 Å². The fraction of sp³-hybridized carbons (Fsp3) is 0.214. The van der Waals surface area contributed by atoms with Crippen LogP contribution in [0.1, 0.15) is 42.3 Å². The second-order valence-electron chi connectivity index (χ2n) is 3.84. The maximum atomic E-state index is 11.5. The number of rotatable bonds is 3. The summed E-state index contributed by atoms with van der Waals surface area (Å²) >= 11 is 0. The van der Waals surface area contributed by atoms with Crippen molar-refractivity contribution < 1.29 is 4.79 Å². The Labute approximate surface area is 91.1 Å². The second kappa shape index (κ2) is 4.26. The van der Waals surface area contributed by atoms with Crippen LogP contribution in [-0.2, 0) is 0 Å². The Balaban J connectivity index is 3.56. The molecule has 1 aromatic rings. The minimum Gasteiger partial charge on any atom is -0.294 e. The molecule has 0 aliphatic heterocycles. The molecule has 1 rings (SSSR count). The molecule has 78 valence electrons. The van der Waals surface area contributed by atoms with Crippen molar-refractivity contribution in [3.63, 3.8) is 0 Å². The van der Waals surface area contributed by atoms with Gasteiger partial charge in [0, 0.05) is 5.56 Å². The summed E-state index contributed by atoms with van der Waals surface area (Å²) in [6.07, 6.45) is 0. The molecule has 0 heterocycles. The molecule has 15 heavy (non-hydrogen) atoms. The standard InChI is InChI=1S/C14H16O/c1-9(2)12-7-6-8-13(11(5)15)14(12)10(3)4/h6-8H,1,3H2,2,4-5H3. The number of carbonyl (C=O) groups is 1. The number of Topliss-reactive ketones (excluding diaryl/α,β-unsaturated/α-hetero) is 1. The van der Waals surface area contributed by atoms with Gasteiger partial charge >= 0.3 is 0 Å². The molecule has 0 unspecified atom stereocenters. The van der Waals surface area contributed by atoms with E-state index >= 15 is 0 Å². The largest absolute Gasteiger partial charge is 0.294 e. The van der Waals surface area contributed by atoms with Crippen molar-refractivity contribution in [3.05, 3.63) is 48.0 Å². The molecule has 1 aromatic carbocycles. The number of carbonyl (C=O) groups excluding carboxylic acids is 1. The SMILES string of the molecule is C=C(C)c1cccc(C(C)=O)c1C(=C)C. The number of benzene rings is 1. The molecule has 0 atom stereocenters. The number of allylic oxidation sites excluding steroid dienone is 2. The van der Waals surface area contributed by atoms with Crippen LogP contribution >= 0.6 is 0 Å². The van der Waals surface area contributed by atoms with Crippen molar-refractivity contribution in [1.29, 1.82) is 0 Å². The summed E-state index contributed by atoms with van der Waals surface area (Å²) in [4.78, 5) is 11.5. The highest BCUT2D eigenvalue weighted by Crippen LogP contribution is 2.27. The summed E-state index contributed by atoms with van der Waals surface area (Å²) in [7, 11) is 0. The molecular formula is C14H16O. The molecule has 1 heteroatoms. The van der Waals surface area contributed by atoms with Crippen molar-refractivity contribution in [3.8, 4) is 0 Å². The third-order valence-corrected chi connectivity index (χ3v) is 2.33. The highest BCUT2D eigenvalue weighted by Gasteiger charge is 2.12. The molecule has 0 amide bonds. The summed E-state index contributed by atoms with van der Waals surface area (Å²) in [5.74, 6) is 0.0658. The fourth-order valence-electron chi connectivity index (χ4n) is 1.66. The van der Waals surface area contributed by atoms with Crippen LogP contribution in [0.25, 0.3) is 11.1 Å². The smallest absolute Gasteiger partial charge is 0.160 e. The van der Waals surface area contributed by atoms with E-state index in [9.17, 15) is 4.79 Å². The van der Waals surface area contributed by atoms with E-state index < -0.39 is 0 Å². The Morgan fingerprint density at radius 2 is 1.53 bits per heavy atom. The minimum absolute atomic E-state index is 0.0658. The Morgan fingerprint density at radius 1 is 1.00 bits per heavy atom. The molecule has 0 saturated carbocycles. The summed E-state index contributed by atoms with van der Waals surface area (Å²) in [5.41, 5.74) is 4.52. The third-order valence-electron chi connectivity index (χ3n) is 2.33. The van der Waals surface area contributed by atoms with Crippen LogP contribution in [-0.4, -0.2) is 5.78 Å². The lowest BCUT2D eigenvalue weighted by Gasteiger charge is -2.12. The first-order valence-corrected chi connectivity index (χ1v) is 4.91. The van der Waals surface area contributed by atoms with Gasteiger partial charge < -0.3 is 0 Å². The van der Waals surface area contributed by atoms with Crippen LogP contribution in [0.3, 0.4) is 0 Å². The average Bonchev–Trinajstić information content (AvgIpc) is 2.16. The van der Waals surface area contributed by atoms with Crippen LogP contribution in [0.5, 0.6) is 0 Å². The van der Waals surface area contributed by atoms with E-state index in [-0.39, 0.29) is 5.78 Å². The Kier molecular flexibility index (Phi) is 3.25. The van der Waals surface area contributed by atoms with Gasteiger partial charge in [-0.05, 0) is 37.5 Å². The van der Waals surface area contributed by atoms with E-state index in [0.717, 1.165) is 27.8 Å². The van der Waals surface area contributed by atoms with Gasteiger partial charge in [0.05, 0.1) is 0 Å². The summed E-state index contributed by atoms with van der Waals surface area (Å²) < 4.78 is 0. The zero-order valence-corrected chi connectivity index (χ0v) is 9.55. The van der Waals surface area contributed by atoms with E-state index in [1.54, 1.807) is 6.92 Å². The summed E-state index contributed by atoms with van der Waals surface area (Å²) in [6, 6.07) is 5.69. The first-order valence-electron chi connectivity index (χ1n) is 4.91. The number of ketones is 1. The second-order valence-corrected chi connectivity index (χ2v) is 3.84. The highest BCUT2D eigenvalue weighted by molar-refractivity contribution is 6.00. The highest BCUT2D eigenvalue weighted by atomic mass is 16.1. The number of hydrogen-bond acceptors (Lipinski definition) is 1. The topological polar surface area (TPSA) is 17.1 Å². The monoisotopic (exact) mass is 200 g/mol. The molecule has 0 bridgehead atoms. The number of hydrogen-bond donors (Lipinski definition) is 0. The van der Waals surface area contributed by atoms with E-state index in [4.69, 9.17) is 0 Å². The van der Waals surface area contributed by atoms with Crippen molar-refractivity contribution >= 4 is 16.9 Å². The predicted molar refractivity (Wildman–Crippen MR) is 65.9 cm³/mol. The van der Waals surface area contributed by atoms with Crippen LogP contribution in [0.15, 0.2) is 31.4 Å². The minimum atomic E-state index is 0.0658. The van der Waals surface area contributed by atoms with Crippen LogP contribution in [0, 0.1) is 0 Å². The van der Waals surface area contributed by atoms with Crippen LogP contribution < -0.4 is 0 Å². The van der Waals surface area contributed by atoms with Gasteiger partial charge in [0.25, 0.3) is 0 Å². The fourth-order valence-corrected chi connectivity index (χ4v) is 1.66. The van der Waals surface area contributed by atoms with Gasteiger partial charge in [-0.1, -0.05) is 36.9 Å². The molecule has 0 aliphatic carbocycles. The molecule has 0 fully saturated rings. The zero-order valence-electron chi connectivity index (χ0n) is 9.55. The van der Waals surface area contributed by atoms with Gasteiger partial charge in [-0.2, -0.15) is 0 Å². The first kappa shape index (κ1) is 11.4. The van der Waals surface area contributed by atoms with Crippen molar-refractivity contribution in [2.75, 3.05) is 0 Å². The Bertz CT molecular complexity index is 406.